The van der Waals surface area contributed by atoms with Gasteiger partial charge in [0.15, 0.2) is 0 Å². The van der Waals surface area contributed by atoms with Crippen molar-refractivity contribution in [3.8, 4) is 11.5 Å². The van der Waals surface area contributed by atoms with Crippen LogP contribution in [-0.2, 0) is 11.2 Å². The molecule has 0 N–H and O–H groups in total. The molecule has 27 heavy (non-hydrogen) atoms. The number of amides is 1. The minimum absolute atomic E-state index is 0.109. The van der Waals surface area contributed by atoms with Crippen molar-refractivity contribution in [1.82, 2.24) is 0 Å². The molecule has 0 atom stereocenters. The number of carbonyl (C=O) groups excluding carboxylic acids is 1. The van der Waals surface area contributed by atoms with E-state index >= 15 is 0 Å². The van der Waals surface area contributed by atoms with Crippen molar-refractivity contribution in [2.24, 2.45) is 0 Å². The summed E-state index contributed by atoms with van der Waals surface area (Å²) in [6, 6.07) is 9.41. The lowest BCUT2D eigenvalue weighted by atomic mass is 10.1. The fourth-order valence-corrected chi connectivity index (χ4v) is 3.02. The zero-order valence-corrected chi connectivity index (χ0v) is 15.9. The first-order valence-corrected chi connectivity index (χ1v) is 8.78. The predicted octanol–water partition coefficient (Wildman–Crippen LogP) is 5.34. The van der Waals surface area contributed by atoms with Crippen LogP contribution in [0.1, 0.15) is 26.3 Å². The van der Waals surface area contributed by atoms with Gasteiger partial charge in [0.1, 0.15) is 17.1 Å². The Morgan fingerprint density at radius 1 is 1.22 bits per heavy atom. The van der Waals surface area contributed by atoms with Crippen molar-refractivity contribution in [3.05, 3.63) is 57.1 Å². The molecule has 0 saturated heterocycles. The lowest BCUT2D eigenvalue weighted by molar-refractivity contribution is -0.384. The molecule has 7 nitrogen and oxygen atoms in total. The molecule has 2 aromatic carbocycles. The van der Waals surface area contributed by atoms with Crippen LogP contribution in [0.5, 0.6) is 11.5 Å². The Morgan fingerprint density at radius 3 is 2.59 bits per heavy atom. The first kappa shape index (κ1) is 19.0. The van der Waals surface area contributed by atoms with Crippen LogP contribution in [-0.4, -0.2) is 23.2 Å². The zero-order valence-electron chi connectivity index (χ0n) is 15.2. The molecule has 0 unspecified atom stereocenters. The summed E-state index contributed by atoms with van der Waals surface area (Å²) in [6.07, 6.45) is 0.196. The highest BCUT2D eigenvalue weighted by Crippen LogP contribution is 2.40. The van der Waals surface area contributed by atoms with Crippen LogP contribution in [0.15, 0.2) is 36.4 Å². The van der Waals surface area contributed by atoms with Crippen molar-refractivity contribution in [1.29, 1.82) is 0 Å². The van der Waals surface area contributed by atoms with Crippen LogP contribution in [0.3, 0.4) is 0 Å². The van der Waals surface area contributed by atoms with Crippen LogP contribution in [0, 0.1) is 10.1 Å². The molecule has 0 bridgehead atoms. The molecule has 0 spiro atoms. The van der Waals surface area contributed by atoms with Gasteiger partial charge in [-0.25, -0.2) is 4.79 Å². The van der Waals surface area contributed by atoms with E-state index in [1.54, 1.807) is 17.0 Å². The molecule has 8 heteroatoms. The smallest absolute Gasteiger partial charge is 0.414 e. The van der Waals surface area contributed by atoms with Crippen molar-refractivity contribution in [2.45, 2.75) is 32.8 Å². The number of hydrogen-bond acceptors (Lipinski definition) is 5. The van der Waals surface area contributed by atoms with E-state index in [0.29, 0.717) is 24.5 Å². The molecule has 1 aliphatic heterocycles. The molecular formula is C19H19ClN2O5. The number of nitro benzene ring substituents is 1. The van der Waals surface area contributed by atoms with E-state index in [2.05, 4.69) is 0 Å². The molecule has 0 radical (unpaired) electrons. The first-order valence-electron chi connectivity index (χ1n) is 8.40. The molecule has 0 fully saturated rings. The van der Waals surface area contributed by atoms with Crippen LogP contribution < -0.4 is 9.64 Å². The quantitative estimate of drug-likeness (QED) is 0.522. The highest BCUT2D eigenvalue weighted by molar-refractivity contribution is 6.32. The van der Waals surface area contributed by atoms with Crippen molar-refractivity contribution in [2.75, 3.05) is 11.4 Å². The van der Waals surface area contributed by atoms with Gasteiger partial charge in [-0.15, -0.1) is 0 Å². The number of nitrogens with zero attached hydrogens (tertiary/aromatic N) is 2. The van der Waals surface area contributed by atoms with Gasteiger partial charge in [-0.1, -0.05) is 17.7 Å². The van der Waals surface area contributed by atoms with Crippen LogP contribution in [0.2, 0.25) is 5.02 Å². The summed E-state index contributed by atoms with van der Waals surface area (Å²) < 4.78 is 11.3. The predicted molar refractivity (Wildman–Crippen MR) is 102 cm³/mol. The number of benzene rings is 2. The van der Waals surface area contributed by atoms with E-state index in [-0.39, 0.29) is 10.7 Å². The van der Waals surface area contributed by atoms with Gasteiger partial charge >= 0.3 is 6.09 Å². The number of halogens is 1. The molecule has 0 aromatic heterocycles. The number of non-ortho nitro benzene ring substituents is 1. The SMILES string of the molecule is CC(C)(C)OC(=O)N1CCc2c(Oc3ccc([N+](=O)[O-])cc3Cl)cccc21. The third-order valence-electron chi connectivity index (χ3n) is 3.94. The number of rotatable bonds is 3. The Hall–Kier alpha value is -2.80. The summed E-state index contributed by atoms with van der Waals surface area (Å²) in [5, 5.41) is 11.0. The van der Waals surface area contributed by atoms with E-state index in [4.69, 9.17) is 21.1 Å². The first-order chi connectivity index (χ1) is 12.7. The molecule has 142 valence electrons. The van der Waals surface area contributed by atoms with Gasteiger partial charge in [0.2, 0.25) is 0 Å². The Balaban J connectivity index is 1.86. The lowest BCUT2D eigenvalue weighted by Gasteiger charge is -2.24. The molecule has 2 aromatic rings. The zero-order chi connectivity index (χ0) is 19.8. The van der Waals surface area contributed by atoms with Crippen LogP contribution >= 0.6 is 11.6 Å². The third kappa shape index (κ3) is 4.14. The minimum atomic E-state index is -0.583. The standard InChI is InChI=1S/C19H19ClN2O5/c1-19(2,3)27-18(23)21-10-9-13-15(21)5-4-6-16(13)26-17-8-7-12(22(24)25)11-14(17)20/h4-8,11H,9-10H2,1-3H3. The molecule has 1 amide bonds. The second kappa shape index (κ2) is 7.08. The van der Waals surface area contributed by atoms with Crippen LogP contribution in [0.25, 0.3) is 0 Å². The second-order valence-corrected chi connectivity index (χ2v) is 7.52. The largest absolute Gasteiger partial charge is 0.455 e. The highest BCUT2D eigenvalue weighted by atomic mass is 35.5. The van der Waals surface area contributed by atoms with Gasteiger partial charge < -0.3 is 9.47 Å². The van der Waals surface area contributed by atoms with Crippen LogP contribution in [0.4, 0.5) is 16.2 Å². The van der Waals surface area contributed by atoms with E-state index in [0.717, 1.165) is 11.3 Å². The molecule has 1 aliphatic rings. The Kier molecular flexibility index (Phi) is 4.97. The third-order valence-corrected chi connectivity index (χ3v) is 4.24. The van der Waals surface area contributed by atoms with Gasteiger partial charge in [-0.2, -0.15) is 0 Å². The fourth-order valence-electron chi connectivity index (χ4n) is 2.81. The summed E-state index contributed by atoms with van der Waals surface area (Å²) in [6.45, 7) is 5.94. The van der Waals surface area contributed by atoms with E-state index in [9.17, 15) is 14.9 Å². The summed E-state index contributed by atoms with van der Waals surface area (Å²) in [5.41, 5.74) is 0.888. The summed E-state index contributed by atoms with van der Waals surface area (Å²) in [7, 11) is 0. The maximum Gasteiger partial charge on any atom is 0.414 e. The number of carbonyl (C=O) groups is 1. The summed E-state index contributed by atoms with van der Waals surface area (Å²) >= 11 is 6.11. The number of ether oxygens (including phenoxy) is 2. The average Bonchev–Trinajstić information content (AvgIpc) is 3.00. The Bertz CT molecular complexity index is 907. The topological polar surface area (TPSA) is 81.9 Å². The highest BCUT2D eigenvalue weighted by Gasteiger charge is 2.30. The molecule has 0 saturated carbocycles. The lowest BCUT2D eigenvalue weighted by Crippen LogP contribution is -2.35. The second-order valence-electron chi connectivity index (χ2n) is 7.11. The van der Waals surface area contributed by atoms with Gasteiger partial charge in [-0.3, -0.25) is 15.0 Å². The Labute approximate surface area is 161 Å². The van der Waals surface area contributed by atoms with Crippen molar-refractivity contribution < 1.29 is 19.2 Å². The molecule has 1 heterocycles. The van der Waals surface area contributed by atoms with Gasteiger partial charge in [-0.05, 0) is 45.4 Å². The summed E-state index contributed by atoms with van der Waals surface area (Å²) in [5.74, 6) is 0.862. The van der Waals surface area contributed by atoms with Crippen molar-refractivity contribution >= 4 is 29.1 Å². The average molecular weight is 391 g/mol. The Morgan fingerprint density at radius 2 is 1.96 bits per heavy atom. The van der Waals surface area contributed by atoms with E-state index in [1.165, 1.54) is 18.2 Å². The number of hydrogen-bond donors (Lipinski definition) is 0. The molecular weight excluding hydrogens is 372 g/mol. The number of fused-ring (bicyclic) bond motifs is 1. The minimum Gasteiger partial charge on any atom is -0.455 e. The summed E-state index contributed by atoms with van der Waals surface area (Å²) in [4.78, 5) is 24.3. The van der Waals surface area contributed by atoms with Gasteiger partial charge in [0.25, 0.3) is 5.69 Å². The fraction of sp³-hybridized carbons (Fsp3) is 0.316. The maximum absolute atomic E-state index is 12.4. The molecule has 3 rings (SSSR count). The van der Waals surface area contributed by atoms with Crippen molar-refractivity contribution in [3.63, 3.8) is 0 Å². The maximum atomic E-state index is 12.4. The van der Waals surface area contributed by atoms with E-state index in [1.807, 2.05) is 26.8 Å². The van der Waals surface area contributed by atoms with E-state index < -0.39 is 16.6 Å². The van der Waals surface area contributed by atoms with Gasteiger partial charge in [0.05, 0.1) is 15.6 Å². The normalized spacial score (nSPS) is 13.3. The molecule has 0 aliphatic carbocycles. The van der Waals surface area contributed by atoms with Gasteiger partial charge in [0, 0.05) is 24.2 Å². The number of anilines is 1. The monoisotopic (exact) mass is 390 g/mol. The number of nitro groups is 1.